The van der Waals surface area contributed by atoms with Crippen molar-refractivity contribution in [3.05, 3.63) is 30.3 Å². The summed E-state index contributed by atoms with van der Waals surface area (Å²) in [6, 6.07) is 9.83. The molecule has 1 aliphatic rings. The van der Waals surface area contributed by atoms with Crippen LogP contribution in [0.1, 0.15) is 19.8 Å². The van der Waals surface area contributed by atoms with Crippen molar-refractivity contribution >= 4 is 5.91 Å². The van der Waals surface area contributed by atoms with Crippen molar-refractivity contribution in [3.8, 4) is 11.4 Å². The number of hydrogen-bond donors (Lipinski definition) is 1. The lowest BCUT2D eigenvalue weighted by atomic mass is 10.2. The van der Waals surface area contributed by atoms with Crippen molar-refractivity contribution in [2.45, 2.75) is 32.4 Å². The number of rotatable bonds is 5. The fourth-order valence-corrected chi connectivity index (χ4v) is 2.16. The van der Waals surface area contributed by atoms with Crippen molar-refractivity contribution in [2.24, 2.45) is 5.92 Å². The van der Waals surface area contributed by atoms with Crippen molar-refractivity contribution in [1.29, 1.82) is 0 Å². The number of benzene rings is 1. The van der Waals surface area contributed by atoms with Crippen LogP contribution in [-0.4, -0.2) is 32.2 Å². The van der Waals surface area contributed by atoms with E-state index < -0.39 is 0 Å². The summed E-state index contributed by atoms with van der Waals surface area (Å²) in [4.78, 5) is 13.2. The zero-order chi connectivity index (χ0) is 13.9. The fourth-order valence-electron chi connectivity index (χ4n) is 2.16. The zero-order valence-corrected chi connectivity index (χ0v) is 11.4. The van der Waals surface area contributed by atoms with Crippen LogP contribution in [0, 0.1) is 5.92 Å². The zero-order valence-electron chi connectivity index (χ0n) is 11.4. The minimum Gasteiger partial charge on any atom is -0.352 e. The minimum atomic E-state index is -0.0681. The summed E-state index contributed by atoms with van der Waals surface area (Å²) in [5, 5.41) is 15.1. The van der Waals surface area contributed by atoms with Gasteiger partial charge in [0.05, 0.1) is 0 Å². The third-order valence-corrected chi connectivity index (χ3v) is 3.49. The van der Waals surface area contributed by atoms with Crippen LogP contribution in [0.15, 0.2) is 30.3 Å². The van der Waals surface area contributed by atoms with Gasteiger partial charge < -0.3 is 5.32 Å². The van der Waals surface area contributed by atoms with E-state index in [-0.39, 0.29) is 18.5 Å². The lowest BCUT2D eigenvalue weighted by molar-refractivity contribution is -0.122. The molecule has 0 saturated heterocycles. The lowest BCUT2D eigenvalue weighted by Gasteiger charge is -2.11. The molecule has 0 spiro atoms. The molecule has 0 unspecified atom stereocenters. The van der Waals surface area contributed by atoms with E-state index in [4.69, 9.17) is 0 Å². The number of amides is 1. The summed E-state index contributed by atoms with van der Waals surface area (Å²) in [7, 11) is 0. The molecule has 3 rings (SSSR count). The molecule has 1 fully saturated rings. The first kappa shape index (κ1) is 12.8. The summed E-state index contributed by atoms with van der Waals surface area (Å²) >= 11 is 0. The maximum absolute atomic E-state index is 11.9. The second-order valence-electron chi connectivity index (χ2n) is 5.20. The van der Waals surface area contributed by atoms with Gasteiger partial charge in [0.25, 0.3) is 0 Å². The number of carbonyl (C=O) groups excluding carboxylic acids is 1. The van der Waals surface area contributed by atoms with Gasteiger partial charge in [0.15, 0.2) is 0 Å². The quantitative estimate of drug-likeness (QED) is 0.888. The number of nitrogens with one attached hydrogen (secondary N) is 1. The topological polar surface area (TPSA) is 72.7 Å². The fraction of sp³-hybridized carbons (Fsp3) is 0.429. The highest BCUT2D eigenvalue weighted by molar-refractivity contribution is 5.75. The number of aromatic nitrogens is 4. The van der Waals surface area contributed by atoms with Gasteiger partial charge in [-0.1, -0.05) is 30.3 Å². The Hall–Kier alpha value is -2.24. The summed E-state index contributed by atoms with van der Waals surface area (Å²) in [5.41, 5.74) is 0.894. The maximum atomic E-state index is 11.9. The van der Waals surface area contributed by atoms with Crippen LogP contribution in [0.2, 0.25) is 0 Å². The van der Waals surface area contributed by atoms with E-state index in [1.807, 2.05) is 37.3 Å². The average molecular weight is 271 g/mol. The summed E-state index contributed by atoms with van der Waals surface area (Å²) < 4.78 is 0. The molecule has 6 heteroatoms. The maximum Gasteiger partial charge on any atom is 0.243 e. The molecule has 1 aliphatic carbocycles. The molecule has 1 amide bonds. The second-order valence-corrected chi connectivity index (χ2v) is 5.20. The predicted molar refractivity (Wildman–Crippen MR) is 73.6 cm³/mol. The standard InChI is InChI=1S/C14H17N5O/c1-10(11-7-8-11)15-13(20)9-19-17-14(16-18-19)12-5-3-2-4-6-12/h2-6,10-11H,7-9H2,1H3,(H,15,20)/t10-/m0/s1. The highest BCUT2D eigenvalue weighted by atomic mass is 16.2. The number of nitrogens with zero attached hydrogens (tertiary/aromatic N) is 4. The third kappa shape index (κ3) is 3.01. The predicted octanol–water partition coefficient (Wildman–Crippen LogP) is 1.25. The molecule has 104 valence electrons. The molecule has 1 aromatic carbocycles. The van der Waals surface area contributed by atoms with Crippen LogP contribution in [0.5, 0.6) is 0 Å². The highest BCUT2D eigenvalue weighted by Gasteiger charge is 2.28. The molecule has 2 aromatic rings. The van der Waals surface area contributed by atoms with E-state index in [0.717, 1.165) is 5.56 Å². The minimum absolute atomic E-state index is 0.0681. The van der Waals surface area contributed by atoms with Gasteiger partial charge in [-0.3, -0.25) is 4.79 Å². The molecule has 0 bridgehead atoms. The van der Waals surface area contributed by atoms with E-state index in [9.17, 15) is 4.79 Å². The molecule has 20 heavy (non-hydrogen) atoms. The first-order valence-electron chi connectivity index (χ1n) is 6.85. The van der Waals surface area contributed by atoms with Gasteiger partial charge in [-0.05, 0) is 30.9 Å². The van der Waals surface area contributed by atoms with Crippen molar-refractivity contribution < 1.29 is 4.79 Å². The summed E-state index contributed by atoms with van der Waals surface area (Å²) in [6.07, 6.45) is 2.42. The largest absolute Gasteiger partial charge is 0.352 e. The first-order valence-corrected chi connectivity index (χ1v) is 6.85. The van der Waals surface area contributed by atoms with Crippen LogP contribution < -0.4 is 5.32 Å². The number of carbonyl (C=O) groups is 1. The molecule has 1 heterocycles. The Morgan fingerprint density at radius 1 is 1.40 bits per heavy atom. The van der Waals surface area contributed by atoms with E-state index in [2.05, 4.69) is 20.7 Å². The normalized spacial score (nSPS) is 15.8. The SMILES string of the molecule is C[C@H](NC(=O)Cn1nnc(-c2ccccc2)n1)C1CC1. The number of tetrazole rings is 1. The van der Waals surface area contributed by atoms with E-state index in [1.54, 1.807) is 0 Å². The lowest BCUT2D eigenvalue weighted by Crippen LogP contribution is -2.36. The third-order valence-electron chi connectivity index (χ3n) is 3.49. The smallest absolute Gasteiger partial charge is 0.243 e. The molecule has 0 aliphatic heterocycles. The van der Waals surface area contributed by atoms with Gasteiger partial charge in [0, 0.05) is 11.6 Å². The van der Waals surface area contributed by atoms with Crippen molar-refractivity contribution in [2.75, 3.05) is 0 Å². The second kappa shape index (κ2) is 5.40. The van der Waals surface area contributed by atoms with Gasteiger partial charge in [0.1, 0.15) is 6.54 Å². The Morgan fingerprint density at radius 3 is 2.85 bits per heavy atom. The molecular formula is C14H17N5O. The Bertz CT molecular complexity index is 591. The van der Waals surface area contributed by atoms with E-state index >= 15 is 0 Å². The highest BCUT2D eigenvalue weighted by Crippen LogP contribution is 2.32. The van der Waals surface area contributed by atoms with Crippen molar-refractivity contribution in [3.63, 3.8) is 0 Å². The first-order chi connectivity index (χ1) is 9.72. The molecule has 1 atom stereocenters. The monoisotopic (exact) mass is 271 g/mol. The molecular weight excluding hydrogens is 254 g/mol. The van der Waals surface area contributed by atoms with Gasteiger partial charge in [-0.2, -0.15) is 4.80 Å². The van der Waals surface area contributed by atoms with Gasteiger partial charge >= 0.3 is 0 Å². The summed E-state index contributed by atoms with van der Waals surface area (Å²) in [5.74, 6) is 1.11. The Labute approximate surface area is 117 Å². The van der Waals surface area contributed by atoms with Crippen LogP contribution in [-0.2, 0) is 11.3 Å². The van der Waals surface area contributed by atoms with Gasteiger partial charge in [0.2, 0.25) is 11.7 Å². The van der Waals surface area contributed by atoms with Crippen LogP contribution in [0.4, 0.5) is 0 Å². The molecule has 1 aromatic heterocycles. The Kier molecular flexibility index (Phi) is 3.45. The molecule has 0 radical (unpaired) electrons. The Morgan fingerprint density at radius 2 is 2.15 bits per heavy atom. The average Bonchev–Trinajstić information content (AvgIpc) is 3.21. The van der Waals surface area contributed by atoms with Gasteiger partial charge in [-0.25, -0.2) is 0 Å². The summed E-state index contributed by atoms with van der Waals surface area (Å²) in [6.45, 7) is 2.15. The van der Waals surface area contributed by atoms with E-state index in [0.29, 0.717) is 11.7 Å². The molecule has 1 N–H and O–H groups in total. The van der Waals surface area contributed by atoms with Crippen LogP contribution in [0.25, 0.3) is 11.4 Å². The van der Waals surface area contributed by atoms with E-state index in [1.165, 1.54) is 17.6 Å². The number of hydrogen-bond acceptors (Lipinski definition) is 4. The molecule has 1 saturated carbocycles. The molecule has 6 nitrogen and oxygen atoms in total. The van der Waals surface area contributed by atoms with Gasteiger partial charge in [-0.15, -0.1) is 10.2 Å². The van der Waals surface area contributed by atoms with Crippen LogP contribution in [0.3, 0.4) is 0 Å². The van der Waals surface area contributed by atoms with Crippen molar-refractivity contribution in [1.82, 2.24) is 25.5 Å². The van der Waals surface area contributed by atoms with Crippen LogP contribution >= 0.6 is 0 Å². The Balaban J connectivity index is 1.61.